The van der Waals surface area contributed by atoms with Crippen LogP contribution in [-0.4, -0.2) is 71.7 Å². The maximum absolute atomic E-state index is 13.0. The average molecular weight is 1140 g/mol. The van der Waals surface area contributed by atoms with Crippen molar-refractivity contribution in [2.24, 2.45) is 0 Å². The Kier molecular flexibility index (Phi) is 21.4. The molecule has 1 saturated heterocycles. The van der Waals surface area contributed by atoms with Crippen LogP contribution < -0.4 is 41.4 Å². The van der Waals surface area contributed by atoms with Crippen LogP contribution in [0, 0.1) is 0 Å². The normalized spacial score (nSPS) is 12.7. The van der Waals surface area contributed by atoms with Crippen LogP contribution >= 0.6 is 23.2 Å². The van der Waals surface area contributed by atoms with E-state index in [2.05, 4.69) is 41.9 Å². The second-order valence-corrected chi connectivity index (χ2v) is 18.3. The van der Waals surface area contributed by atoms with Crippen LogP contribution in [0.15, 0.2) is 122 Å². The zero-order chi connectivity index (χ0) is 57.2. The van der Waals surface area contributed by atoms with Gasteiger partial charge in [0.05, 0.1) is 34.4 Å². The van der Waals surface area contributed by atoms with Crippen molar-refractivity contribution in [1.29, 1.82) is 0 Å². The first kappa shape index (κ1) is 60.2. The standard InChI is InChI=1S/C28H28ClF3N4O5.C26H24ClF3N4O4/c1-27(39-14-15-40-27)11-2-3-12-34-25(37)24-17-21(10-13-33-24)41-20-7-4-18(5-8-20)35-26(38)36-19-6-9-23(29)22(16-19)28(30,31)32;1-16(35)4-2-3-12-32-24(36)23-15-20(11-13-31-23)38-19-8-5-17(6-9-19)33-25(37)34-18-7-10-22(27)21(14-18)26(28,29)30/h4-10,13,16-17H,2-3,11-12,14-15H2,1H3,(H,34,37)(H2,35,36,38);5-11,13-15H,2-4,12H2,1H3,(H,32,36)(H2,33,34,37). The summed E-state index contributed by atoms with van der Waals surface area (Å²) < 4.78 is 101. The van der Waals surface area contributed by atoms with Crippen molar-refractivity contribution in [3.05, 3.63) is 154 Å². The minimum atomic E-state index is -4.66. The molecule has 3 heterocycles. The molecule has 25 heteroatoms. The fourth-order valence-electron chi connectivity index (χ4n) is 7.27. The molecule has 7 rings (SSSR count). The van der Waals surface area contributed by atoms with Crippen molar-refractivity contribution < 1.29 is 69.3 Å². The van der Waals surface area contributed by atoms with E-state index in [1.165, 1.54) is 55.7 Å². The summed E-state index contributed by atoms with van der Waals surface area (Å²) in [6.45, 7) is 5.52. The molecule has 0 spiro atoms. The molecule has 0 unspecified atom stereocenters. The number of ether oxygens (including phenoxy) is 4. The Labute approximate surface area is 459 Å². The lowest BCUT2D eigenvalue weighted by atomic mass is 10.1. The van der Waals surface area contributed by atoms with Gasteiger partial charge in [-0.1, -0.05) is 23.2 Å². The number of benzene rings is 4. The summed E-state index contributed by atoms with van der Waals surface area (Å²) in [4.78, 5) is 68.4. The quantitative estimate of drug-likeness (QED) is 0.0312. The van der Waals surface area contributed by atoms with Crippen LogP contribution in [0.25, 0.3) is 0 Å². The topological polar surface area (TPSA) is 220 Å². The van der Waals surface area contributed by atoms with Crippen molar-refractivity contribution in [2.75, 3.05) is 47.6 Å². The Balaban J connectivity index is 0.000000256. The fraction of sp³-hybridized carbons (Fsp3) is 0.278. The molecular weight excluding hydrogens is 1090 g/mol. The Morgan fingerprint density at radius 2 is 0.937 bits per heavy atom. The van der Waals surface area contributed by atoms with Crippen molar-refractivity contribution in [2.45, 2.75) is 70.5 Å². The largest absolute Gasteiger partial charge is 0.457 e. The fourth-order valence-corrected chi connectivity index (χ4v) is 7.72. The van der Waals surface area contributed by atoms with E-state index in [1.54, 1.807) is 48.5 Å². The number of halogens is 8. The van der Waals surface area contributed by atoms with Gasteiger partial charge in [0.1, 0.15) is 40.2 Å². The van der Waals surface area contributed by atoms with Crippen LogP contribution in [0.5, 0.6) is 23.0 Å². The molecule has 0 aliphatic carbocycles. The molecule has 2 aromatic heterocycles. The first-order valence-electron chi connectivity index (χ1n) is 24.2. The van der Waals surface area contributed by atoms with E-state index in [0.29, 0.717) is 79.9 Å². The number of rotatable bonds is 20. The molecule has 0 atom stereocenters. The summed E-state index contributed by atoms with van der Waals surface area (Å²) >= 11 is 11.2. The number of hydrogen-bond donors (Lipinski definition) is 6. The lowest BCUT2D eigenvalue weighted by Crippen LogP contribution is -2.27. The molecular formula is C54H52Cl2F6N8O9. The first-order chi connectivity index (χ1) is 37.5. The highest BCUT2D eigenvalue weighted by molar-refractivity contribution is 6.32. The maximum Gasteiger partial charge on any atom is 0.417 e. The molecule has 6 amide bonds. The molecule has 0 saturated carbocycles. The third-order valence-corrected chi connectivity index (χ3v) is 11.8. The summed E-state index contributed by atoms with van der Waals surface area (Å²) in [6, 6.07) is 23.3. The van der Waals surface area contributed by atoms with Crippen molar-refractivity contribution in [3.8, 4) is 23.0 Å². The Hall–Kier alpha value is -7.99. The van der Waals surface area contributed by atoms with Crippen LogP contribution in [-0.2, 0) is 26.6 Å². The highest BCUT2D eigenvalue weighted by atomic mass is 35.5. The number of Topliss-reactive ketones (excluding diaryl/α,β-unsaturated/α-hetero) is 1. The van der Waals surface area contributed by atoms with Gasteiger partial charge in [-0.2, -0.15) is 26.3 Å². The van der Waals surface area contributed by atoms with Gasteiger partial charge in [0, 0.05) is 73.2 Å². The second-order valence-electron chi connectivity index (χ2n) is 17.5. The van der Waals surface area contributed by atoms with Crippen molar-refractivity contribution in [1.82, 2.24) is 20.6 Å². The van der Waals surface area contributed by atoms with E-state index < -0.39 is 51.4 Å². The number of hydrogen-bond acceptors (Lipinski definition) is 11. The summed E-state index contributed by atoms with van der Waals surface area (Å²) in [5, 5.41) is 14.4. The van der Waals surface area contributed by atoms with Gasteiger partial charge in [0.2, 0.25) is 0 Å². The summed E-state index contributed by atoms with van der Waals surface area (Å²) in [6.07, 6.45) is -2.24. The van der Waals surface area contributed by atoms with Gasteiger partial charge in [-0.25, -0.2) is 9.59 Å². The van der Waals surface area contributed by atoms with Gasteiger partial charge in [-0.3, -0.25) is 19.6 Å². The molecule has 1 fully saturated rings. The summed E-state index contributed by atoms with van der Waals surface area (Å²) in [5.74, 6) is 0.445. The van der Waals surface area contributed by atoms with Gasteiger partial charge in [0.15, 0.2) is 5.79 Å². The van der Waals surface area contributed by atoms with Crippen LogP contribution in [0.4, 0.5) is 58.7 Å². The number of anilines is 4. The highest BCUT2D eigenvalue weighted by Gasteiger charge is 2.35. The third-order valence-electron chi connectivity index (χ3n) is 11.2. The van der Waals surface area contributed by atoms with E-state index in [4.69, 9.17) is 42.1 Å². The molecule has 79 heavy (non-hydrogen) atoms. The lowest BCUT2D eigenvalue weighted by molar-refractivity contribution is -0.147. The van der Waals surface area contributed by atoms with Crippen LogP contribution in [0.2, 0.25) is 10.0 Å². The van der Waals surface area contributed by atoms with Crippen LogP contribution in [0.3, 0.4) is 0 Å². The van der Waals surface area contributed by atoms with Gasteiger partial charge in [0.25, 0.3) is 11.8 Å². The lowest BCUT2D eigenvalue weighted by Gasteiger charge is -2.21. The summed E-state index contributed by atoms with van der Waals surface area (Å²) in [5.41, 5.74) is -1.16. The van der Waals surface area contributed by atoms with E-state index in [1.807, 2.05) is 6.92 Å². The Morgan fingerprint density at radius 1 is 0.544 bits per heavy atom. The molecule has 17 nitrogen and oxygen atoms in total. The zero-order valence-corrected chi connectivity index (χ0v) is 43.7. The minimum absolute atomic E-state index is 0.0701. The average Bonchev–Trinajstić information content (AvgIpc) is 3.86. The smallest absolute Gasteiger partial charge is 0.417 e. The summed E-state index contributed by atoms with van der Waals surface area (Å²) in [7, 11) is 0. The number of unbranched alkanes of at least 4 members (excludes halogenated alkanes) is 2. The van der Waals surface area contributed by atoms with E-state index in [0.717, 1.165) is 43.5 Å². The number of nitrogens with one attached hydrogen (secondary N) is 6. The monoisotopic (exact) mass is 1140 g/mol. The number of urea groups is 2. The number of pyridine rings is 2. The van der Waals surface area contributed by atoms with Crippen molar-refractivity contribution >= 4 is 75.6 Å². The third kappa shape index (κ3) is 19.8. The zero-order valence-electron chi connectivity index (χ0n) is 42.2. The molecule has 418 valence electrons. The molecule has 6 N–H and O–H groups in total. The molecule has 4 aromatic carbocycles. The predicted molar refractivity (Wildman–Crippen MR) is 283 cm³/mol. The number of ketones is 1. The number of aromatic nitrogens is 2. The van der Waals surface area contributed by atoms with Gasteiger partial charge >= 0.3 is 24.4 Å². The highest BCUT2D eigenvalue weighted by Crippen LogP contribution is 2.38. The molecule has 1 aliphatic rings. The Morgan fingerprint density at radius 3 is 1.34 bits per heavy atom. The van der Waals surface area contributed by atoms with E-state index in [-0.39, 0.29) is 40.4 Å². The molecule has 0 radical (unpaired) electrons. The molecule has 6 aromatic rings. The van der Waals surface area contributed by atoms with Crippen LogP contribution in [0.1, 0.15) is 84.5 Å². The number of carbonyl (C=O) groups excluding carboxylic acids is 5. The van der Waals surface area contributed by atoms with Gasteiger partial charge in [-0.05, 0) is 137 Å². The van der Waals surface area contributed by atoms with Gasteiger partial charge < -0.3 is 55.6 Å². The van der Waals surface area contributed by atoms with E-state index in [9.17, 15) is 50.3 Å². The van der Waals surface area contributed by atoms with E-state index >= 15 is 0 Å². The minimum Gasteiger partial charge on any atom is -0.457 e. The molecule has 0 bridgehead atoms. The number of alkyl halides is 6. The first-order valence-corrected chi connectivity index (χ1v) is 25.0. The number of amides is 6. The molecule has 1 aliphatic heterocycles. The number of nitrogens with zero attached hydrogens (tertiary/aromatic N) is 2. The Bertz CT molecular complexity index is 3070. The second kappa shape index (κ2) is 28.1. The number of carbonyl (C=O) groups is 5. The van der Waals surface area contributed by atoms with Crippen molar-refractivity contribution in [3.63, 3.8) is 0 Å². The predicted octanol–water partition coefficient (Wildman–Crippen LogP) is 13.5. The SMILES string of the molecule is CC(=O)CCCCNC(=O)c1cc(Oc2ccc(NC(=O)Nc3ccc(Cl)c(C(F)(F)F)c3)cc2)ccn1.CC1(CCCCNC(=O)c2cc(Oc3ccc(NC(=O)Nc4ccc(Cl)c(C(F)(F)F)c4)cc3)ccn2)OCCO1. The van der Waals surface area contributed by atoms with Gasteiger partial charge in [-0.15, -0.1) is 0 Å². The maximum atomic E-state index is 13.0.